The minimum Gasteiger partial charge on any atom is -0.870 e. The third kappa shape index (κ3) is 71.4. The second-order valence-electron chi connectivity index (χ2n) is 33.7. The van der Waals surface area contributed by atoms with Crippen molar-refractivity contribution < 1.29 is 259 Å². The van der Waals surface area contributed by atoms with Crippen LogP contribution in [0.1, 0.15) is 208 Å². The van der Waals surface area contributed by atoms with Gasteiger partial charge in [0.1, 0.15) is 24.8 Å². The number of nitriles is 1. The van der Waals surface area contributed by atoms with E-state index >= 15 is 0 Å². The van der Waals surface area contributed by atoms with Gasteiger partial charge in [-0.15, -0.1) is 0 Å². The number of aliphatic carboxylic acids is 3. The summed E-state index contributed by atoms with van der Waals surface area (Å²) in [5.41, 5.74) is -7.84. The molecule has 0 aliphatic heterocycles. The molecule has 0 bridgehead atoms. The molecule has 856 valence electrons. The Morgan fingerprint density at radius 2 is 0.748 bits per heavy atom. The molecule has 0 saturated carbocycles. The molecule has 0 radical (unpaired) electrons. The molecule has 2 aromatic carbocycles. The van der Waals surface area contributed by atoms with Crippen LogP contribution in [0.4, 0.5) is 119 Å². The van der Waals surface area contributed by atoms with Gasteiger partial charge in [0.25, 0.3) is 0 Å². The number of hydroxylamine groups is 3. The van der Waals surface area contributed by atoms with E-state index in [2.05, 4.69) is 54.2 Å². The fourth-order valence-electron chi connectivity index (χ4n) is 8.36. The maximum atomic E-state index is 12.9. The molecule has 0 saturated heterocycles. The van der Waals surface area contributed by atoms with Gasteiger partial charge in [-0.1, -0.05) is 144 Å². The number of benzene rings is 2. The first-order valence-electron chi connectivity index (χ1n) is 42.1. The average Bonchev–Trinajstić information content (AvgIpc) is 0.778. The number of rotatable bonds is 35. The predicted molar refractivity (Wildman–Crippen MR) is 468 cm³/mol. The zero-order valence-corrected chi connectivity index (χ0v) is 85.9. The number of carboxylic acids is 3. The van der Waals surface area contributed by atoms with Gasteiger partial charge in [-0.05, 0) is 92.7 Å². The van der Waals surface area contributed by atoms with Crippen molar-refractivity contribution >= 4 is 71.7 Å². The number of amides is 1. The van der Waals surface area contributed by atoms with Crippen LogP contribution >= 0.6 is 0 Å². The summed E-state index contributed by atoms with van der Waals surface area (Å²) in [6, 6.07) is 16.5. The number of carboxylic acid groups (broad SMARTS) is 3. The summed E-state index contributed by atoms with van der Waals surface area (Å²) in [5.74, 6) is -14.8. The van der Waals surface area contributed by atoms with Gasteiger partial charge < -0.3 is 75.4 Å². The fraction of sp³-hybridized carbons (Fsp3) is 0.693. The van der Waals surface area contributed by atoms with E-state index in [4.69, 9.17) is 26.3 Å². The van der Waals surface area contributed by atoms with Crippen LogP contribution in [0.3, 0.4) is 0 Å². The van der Waals surface area contributed by atoms with Crippen molar-refractivity contribution in [3.8, 4) is 6.07 Å². The molecular formula is C88H134F27LiN6O25. The standard InChI is InChI=1S/C14H17F3N2.C14H18F3NO2.C11H17F3O4.C10H13F3O4.C8H14F3NO2.C7H12F3NO2.C7H12O4.C6H9F3O2.C6H9F3O.C3H3F3O.C2H7NO.Li.2H2O/c1-13(2,14(15,16)17)8-12(9-18)19-10-11-6-4-3-5-7-11;1-13(2,14(15,16)17)8-11(12(19)20)18-9-10-6-4-3-5-7-10;1-5-17-8(15)7(9(16)18-6-2)10(3,4)11(12,13)14;1-4-16-8(14)7(9(15)17-5-2)6(3)10(11,12)13;1-7(2,8(9,10)11)5-6(13)12(3)14-4;1-6(2,7(8,9)10)3-4(11)5(12)13;1-3-10-6(8)5-7(9)11-4-2;1-5(2,3-4(10)11)6(7,8)9;1-5(2,3-4-10)6(7,8)9;1-2(7)3(4,5)6;1-3-4-2;;;/h3-7,12,19H,8,10H2,1-2H3;3-7,11,18H,8-9H2,1-2H3,(H,19,20);7H,5-6H2,1-4H3;4-5H2,1-3H3;5H2,1-4H3;4H,3,11H2,1-2H3,(H,12,13);3-5H2,1-2H3;3H2,1-2H3,(H,10,11);4H,3H2,1-2H3;1H3;3H,1-2H3;;2*1H2/q;;;;;;;;;;;+1;;/p-1. The molecule has 31 nitrogen and oxygen atoms in total. The van der Waals surface area contributed by atoms with E-state index in [1.807, 2.05) is 42.5 Å². The van der Waals surface area contributed by atoms with Crippen LogP contribution in [0.5, 0.6) is 0 Å². The molecule has 0 aliphatic carbocycles. The average molecular weight is 2200 g/mol. The number of ether oxygens (including phenoxy) is 6. The molecule has 59 heteroatoms. The van der Waals surface area contributed by atoms with Crippen molar-refractivity contribution in [2.24, 2.45) is 49.6 Å². The maximum absolute atomic E-state index is 12.9. The zero-order chi connectivity index (χ0) is 116. The maximum Gasteiger partial charge on any atom is 1.00 e. The van der Waals surface area contributed by atoms with Gasteiger partial charge in [0.15, 0.2) is 11.5 Å². The number of ketones is 1. The Labute approximate surface area is 845 Å². The number of hydrogen-bond donors (Lipinski definition) is 7. The van der Waals surface area contributed by atoms with Gasteiger partial charge in [-0.2, -0.15) is 124 Å². The van der Waals surface area contributed by atoms with Crippen LogP contribution in [-0.4, -0.2) is 245 Å². The van der Waals surface area contributed by atoms with Crippen LogP contribution in [0.25, 0.3) is 0 Å². The summed E-state index contributed by atoms with van der Waals surface area (Å²) in [6.07, 6.45) is -43.8. The number of nitrogens with two attached hydrogens (primary N) is 1. The number of allylic oxidation sites excluding steroid dienone is 1. The zero-order valence-electron chi connectivity index (χ0n) is 85.9. The number of alkyl halides is 27. The van der Waals surface area contributed by atoms with Crippen molar-refractivity contribution in [2.75, 3.05) is 68.0 Å². The Morgan fingerprint density at radius 3 is 0.980 bits per heavy atom. The smallest absolute Gasteiger partial charge is 0.870 e. The summed E-state index contributed by atoms with van der Waals surface area (Å²) in [7, 11) is 5.77. The van der Waals surface area contributed by atoms with Crippen LogP contribution in [0, 0.1) is 55.2 Å². The van der Waals surface area contributed by atoms with Gasteiger partial charge >= 0.3 is 128 Å². The second-order valence-corrected chi connectivity index (χ2v) is 33.7. The Hall–Kier alpha value is -9.90. The number of Topliss-reactive ketones (excluding diaryl/α,β-unsaturated/α-hetero) is 1. The summed E-state index contributed by atoms with van der Waals surface area (Å²) < 4.78 is 357. The molecule has 0 aliphatic rings. The molecule has 3 unspecified atom stereocenters. The van der Waals surface area contributed by atoms with E-state index in [9.17, 15) is 176 Å². The number of halogens is 27. The van der Waals surface area contributed by atoms with Gasteiger partial charge in [-0.25, -0.2) is 20.1 Å². The SMILES string of the molecule is CC(=O)C(F)(F)F.CC(C)(CC(=O)O)C(F)(F)F.CC(C)(CC(C#N)NCc1ccccc1)C(F)(F)F.CC(C)(CC(N)C(=O)O)C(F)(F)F.CC(C)(CC(NCc1ccccc1)C(=O)O)C(F)(F)F.CC(C)(CC=O)C(F)(F)F.CCOC(=O)C(C(=O)OCC)=C(C)C(F)(F)F.CCOC(=O)C(C(=O)OCC)C(C)(C)C(F)(F)F.CCOC(=O)CC(=O)OCC.CNOC.CON(C)C(=O)CC(C)(C)C(F)(F)F.O.[Li+].[OH-]. The van der Waals surface area contributed by atoms with Crippen molar-refractivity contribution in [3.05, 3.63) is 82.9 Å². The quantitative estimate of drug-likeness (QED) is 0.00388. The topological polar surface area (TPSA) is 490 Å². The van der Waals surface area contributed by atoms with Crippen molar-refractivity contribution in [3.63, 3.8) is 0 Å². The molecule has 0 heterocycles. The number of esters is 6. The van der Waals surface area contributed by atoms with Crippen LogP contribution in [0.15, 0.2) is 71.8 Å². The van der Waals surface area contributed by atoms with Gasteiger partial charge in [0.05, 0.1) is 116 Å². The number of aldehydes is 1. The Bertz CT molecular complexity index is 4120. The molecule has 3 atom stereocenters. The van der Waals surface area contributed by atoms with E-state index in [0.29, 0.717) is 20.4 Å². The minimum absolute atomic E-state index is 0. The Morgan fingerprint density at radius 1 is 0.449 bits per heavy atom. The first-order chi connectivity index (χ1) is 64.5. The monoisotopic (exact) mass is 2190 g/mol. The van der Waals surface area contributed by atoms with E-state index < -0.39 is 226 Å². The van der Waals surface area contributed by atoms with E-state index in [-0.39, 0.29) is 95.1 Å². The van der Waals surface area contributed by atoms with Crippen LogP contribution in [0.2, 0.25) is 0 Å². The van der Waals surface area contributed by atoms with Crippen molar-refractivity contribution in [1.82, 2.24) is 21.2 Å². The second kappa shape index (κ2) is 73.3. The normalized spacial score (nSPS) is 12.4. The number of carbonyl (C=O) groups is 12. The van der Waals surface area contributed by atoms with Crippen LogP contribution in [-0.2, 0) is 109 Å². The van der Waals surface area contributed by atoms with E-state index in [1.165, 1.54) is 41.9 Å². The molecule has 0 aromatic heterocycles. The van der Waals surface area contributed by atoms with Gasteiger partial charge in [-0.3, -0.25) is 53.3 Å². The van der Waals surface area contributed by atoms with Crippen LogP contribution < -0.4 is 40.7 Å². The first-order valence-corrected chi connectivity index (χ1v) is 42.1. The molecule has 147 heavy (non-hydrogen) atoms. The molecule has 2 rings (SSSR count). The number of carbonyl (C=O) groups excluding carboxylic acids is 9. The molecule has 0 fully saturated rings. The molecule has 11 N–H and O–H groups in total. The Kier molecular flexibility index (Phi) is 80.9. The van der Waals surface area contributed by atoms with Crippen molar-refractivity contribution in [2.45, 2.75) is 284 Å². The predicted octanol–water partition coefficient (Wildman–Crippen LogP) is 16.1. The number of nitrogens with zero attached hydrogens (tertiary/aromatic N) is 2. The summed E-state index contributed by atoms with van der Waals surface area (Å²) in [4.78, 5) is 137. The number of hydrogen-bond acceptors (Lipinski definition) is 26. The molecule has 1 amide bonds. The Balaban J connectivity index is -0.000000138. The van der Waals surface area contributed by atoms with Gasteiger partial charge in [0.2, 0.25) is 11.7 Å². The van der Waals surface area contributed by atoms with Crippen molar-refractivity contribution in [1.29, 1.82) is 5.26 Å². The van der Waals surface area contributed by atoms with E-state index in [0.717, 1.165) is 113 Å². The minimum atomic E-state index is -4.78. The van der Waals surface area contributed by atoms with Gasteiger partial charge in [0, 0.05) is 47.0 Å². The third-order valence-electron chi connectivity index (χ3n) is 18.5. The summed E-state index contributed by atoms with van der Waals surface area (Å²) in [5, 5.41) is 40.7. The summed E-state index contributed by atoms with van der Waals surface area (Å²) >= 11 is 0. The number of nitrogens with one attached hydrogen (secondary N) is 3. The van der Waals surface area contributed by atoms with E-state index in [1.54, 1.807) is 52.3 Å². The molecule has 0 spiro atoms. The summed E-state index contributed by atoms with van der Waals surface area (Å²) in [6.45, 7) is 24.2. The first kappa shape index (κ1) is 162. The third-order valence-corrected chi connectivity index (χ3v) is 18.5. The molecule has 2 aromatic rings. The largest absolute Gasteiger partial charge is 1.00 e. The fourth-order valence-corrected chi connectivity index (χ4v) is 8.36. The molecular weight excluding hydrogens is 2060 g/mol.